The molecule has 0 aromatic heterocycles. The molecule has 0 aliphatic heterocycles. The molecular formula is C20H27IN4O2. The Morgan fingerprint density at radius 3 is 2.44 bits per heavy atom. The van der Waals surface area contributed by atoms with Gasteiger partial charge in [-0.25, -0.2) is 4.99 Å². The SMILES string of the molecule is CCNC(=NCc1ccc(C(N)=O)cc1)N(C)Cc1ccccc1OC.I. The minimum atomic E-state index is -0.426. The Hall–Kier alpha value is -2.29. The minimum absolute atomic E-state index is 0. The molecule has 0 bridgehead atoms. The molecule has 2 aromatic carbocycles. The lowest BCUT2D eigenvalue weighted by atomic mass is 10.1. The second-order valence-corrected chi connectivity index (χ2v) is 5.90. The van der Waals surface area contributed by atoms with Gasteiger partial charge in [0.2, 0.25) is 5.91 Å². The molecule has 0 spiro atoms. The molecule has 2 rings (SSSR count). The summed E-state index contributed by atoms with van der Waals surface area (Å²) in [4.78, 5) is 17.9. The van der Waals surface area contributed by atoms with Crippen molar-refractivity contribution in [3.8, 4) is 5.75 Å². The number of carbonyl (C=O) groups is 1. The first kappa shape index (κ1) is 22.8. The summed E-state index contributed by atoms with van der Waals surface area (Å²) in [5.41, 5.74) is 7.87. The zero-order chi connectivity index (χ0) is 18.9. The quantitative estimate of drug-likeness (QED) is 0.361. The number of guanidine groups is 1. The number of carbonyl (C=O) groups excluding carboxylic acids is 1. The number of rotatable bonds is 7. The van der Waals surface area contributed by atoms with E-state index in [0.717, 1.165) is 29.4 Å². The molecule has 0 saturated heterocycles. The first-order valence-electron chi connectivity index (χ1n) is 8.55. The molecule has 146 valence electrons. The number of benzene rings is 2. The van der Waals surface area contributed by atoms with Crippen molar-refractivity contribution < 1.29 is 9.53 Å². The summed E-state index contributed by atoms with van der Waals surface area (Å²) in [6, 6.07) is 15.1. The fourth-order valence-electron chi connectivity index (χ4n) is 2.57. The number of hydrogen-bond donors (Lipinski definition) is 2. The van der Waals surface area contributed by atoms with Gasteiger partial charge in [0.15, 0.2) is 5.96 Å². The summed E-state index contributed by atoms with van der Waals surface area (Å²) in [5.74, 6) is 1.24. The number of nitrogens with zero attached hydrogens (tertiary/aromatic N) is 2. The topological polar surface area (TPSA) is 79.9 Å². The van der Waals surface area contributed by atoms with Crippen LogP contribution in [0.4, 0.5) is 0 Å². The van der Waals surface area contributed by atoms with Crippen molar-refractivity contribution in [3.63, 3.8) is 0 Å². The van der Waals surface area contributed by atoms with Gasteiger partial charge in [-0.05, 0) is 30.7 Å². The first-order valence-corrected chi connectivity index (χ1v) is 8.55. The summed E-state index contributed by atoms with van der Waals surface area (Å²) >= 11 is 0. The van der Waals surface area contributed by atoms with E-state index in [1.807, 2.05) is 50.4 Å². The third-order valence-electron chi connectivity index (χ3n) is 3.95. The van der Waals surface area contributed by atoms with E-state index in [-0.39, 0.29) is 24.0 Å². The molecule has 7 heteroatoms. The summed E-state index contributed by atoms with van der Waals surface area (Å²) in [6.45, 7) is 4.00. The number of aliphatic imine (C=N–C) groups is 1. The third-order valence-corrected chi connectivity index (χ3v) is 3.95. The monoisotopic (exact) mass is 482 g/mol. The van der Waals surface area contributed by atoms with Gasteiger partial charge in [-0.2, -0.15) is 0 Å². The van der Waals surface area contributed by atoms with Gasteiger partial charge in [0, 0.05) is 31.3 Å². The summed E-state index contributed by atoms with van der Waals surface area (Å²) in [7, 11) is 3.66. The molecule has 0 saturated carbocycles. The summed E-state index contributed by atoms with van der Waals surface area (Å²) in [5, 5.41) is 3.30. The van der Waals surface area contributed by atoms with E-state index in [2.05, 4.69) is 15.2 Å². The van der Waals surface area contributed by atoms with Gasteiger partial charge in [-0.1, -0.05) is 30.3 Å². The Kier molecular flexibility index (Phi) is 9.63. The van der Waals surface area contributed by atoms with Crippen molar-refractivity contribution in [1.29, 1.82) is 0 Å². The van der Waals surface area contributed by atoms with Gasteiger partial charge in [0.1, 0.15) is 5.75 Å². The van der Waals surface area contributed by atoms with Crippen LogP contribution in [0.1, 0.15) is 28.4 Å². The molecule has 2 aromatic rings. The van der Waals surface area contributed by atoms with Gasteiger partial charge in [-0.15, -0.1) is 24.0 Å². The molecule has 0 atom stereocenters. The molecule has 0 unspecified atom stereocenters. The normalized spacial score (nSPS) is 10.7. The predicted molar refractivity (Wildman–Crippen MR) is 120 cm³/mol. The number of ether oxygens (including phenoxy) is 1. The molecule has 3 N–H and O–H groups in total. The molecule has 6 nitrogen and oxygen atoms in total. The molecule has 0 aliphatic rings. The van der Waals surface area contributed by atoms with Crippen LogP contribution in [0.2, 0.25) is 0 Å². The summed E-state index contributed by atoms with van der Waals surface area (Å²) in [6.07, 6.45) is 0. The predicted octanol–water partition coefficient (Wildman–Crippen LogP) is 3.01. The van der Waals surface area contributed by atoms with E-state index < -0.39 is 5.91 Å². The number of methoxy groups -OCH3 is 1. The van der Waals surface area contributed by atoms with Crippen LogP contribution in [0.5, 0.6) is 5.75 Å². The van der Waals surface area contributed by atoms with E-state index >= 15 is 0 Å². The van der Waals surface area contributed by atoms with E-state index in [0.29, 0.717) is 18.7 Å². The average molecular weight is 482 g/mol. The van der Waals surface area contributed by atoms with Crippen molar-refractivity contribution in [3.05, 3.63) is 65.2 Å². The Morgan fingerprint density at radius 2 is 1.85 bits per heavy atom. The number of halogens is 1. The molecule has 0 aliphatic carbocycles. The molecular weight excluding hydrogens is 455 g/mol. The number of hydrogen-bond acceptors (Lipinski definition) is 3. The number of amides is 1. The number of primary amides is 1. The fourth-order valence-corrected chi connectivity index (χ4v) is 2.57. The smallest absolute Gasteiger partial charge is 0.248 e. The highest BCUT2D eigenvalue weighted by atomic mass is 127. The highest BCUT2D eigenvalue weighted by Gasteiger charge is 2.10. The minimum Gasteiger partial charge on any atom is -0.496 e. The average Bonchev–Trinajstić information content (AvgIpc) is 2.65. The zero-order valence-corrected chi connectivity index (χ0v) is 18.3. The fraction of sp³-hybridized carbons (Fsp3) is 0.300. The maximum Gasteiger partial charge on any atom is 0.248 e. The van der Waals surface area contributed by atoms with Gasteiger partial charge < -0.3 is 20.7 Å². The largest absolute Gasteiger partial charge is 0.496 e. The van der Waals surface area contributed by atoms with Gasteiger partial charge in [0.25, 0.3) is 0 Å². The molecule has 0 heterocycles. The molecule has 1 amide bonds. The summed E-state index contributed by atoms with van der Waals surface area (Å²) < 4.78 is 5.42. The third kappa shape index (κ3) is 6.74. The Bertz CT molecular complexity index is 763. The zero-order valence-electron chi connectivity index (χ0n) is 15.9. The Balaban J connectivity index is 0.00000364. The van der Waals surface area contributed by atoms with Crippen LogP contribution in [0.15, 0.2) is 53.5 Å². The van der Waals surface area contributed by atoms with Crippen molar-refractivity contribution in [2.24, 2.45) is 10.7 Å². The van der Waals surface area contributed by atoms with Crippen LogP contribution in [-0.2, 0) is 13.1 Å². The van der Waals surface area contributed by atoms with Crippen LogP contribution >= 0.6 is 24.0 Å². The number of para-hydroxylation sites is 1. The lowest BCUT2D eigenvalue weighted by Crippen LogP contribution is -2.38. The van der Waals surface area contributed by atoms with E-state index in [1.54, 1.807) is 19.2 Å². The van der Waals surface area contributed by atoms with Crippen molar-refractivity contribution in [2.75, 3.05) is 20.7 Å². The van der Waals surface area contributed by atoms with Gasteiger partial charge in [-0.3, -0.25) is 4.79 Å². The van der Waals surface area contributed by atoms with Crippen molar-refractivity contribution in [2.45, 2.75) is 20.0 Å². The highest BCUT2D eigenvalue weighted by molar-refractivity contribution is 14.0. The maximum absolute atomic E-state index is 11.1. The van der Waals surface area contributed by atoms with Gasteiger partial charge in [0.05, 0.1) is 13.7 Å². The van der Waals surface area contributed by atoms with Crippen molar-refractivity contribution >= 4 is 35.8 Å². The number of nitrogens with one attached hydrogen (secondary N) is 1. The van der Waals surface area contributed by atoms with E-state index in [4.69, 9.17) is 10.5 Å². The van der Waals surface area contributed by atoms with Crippen LogP contribution in [0.3, 0.4) is 0 Å². The number of nitrogens with two attached hydrogens (primary N) is 1. The van der Waals surface area contributed by atoms with Gasteiger partial charge >= 0.3 is 0 Å². The van der Waals surface area contributed by atoms with Crippen LogP contribution in [-0.4, -0.2) is 37.5 Å². The standard InChI is InChI=1S/C20H26N4O2.HI/c1-4-22-20(23-13-15-9-11-16(12-10-15)19(21)25)24(2)14-17-7-5-6-8-18(17)26-3;/h5-12H,4,13-14H2,1-3H3,(H2,21,25)(H,22,23);1H. The van der Waals surface area contributed by atoms with Crippen LogP contribution in [0, 0.1) is 0 Å². The molecule has 27 heavy (non-hydrogen) atoms. The molecule has 0 fully saturated rings. The Labute approximate surface area is 177 Å². The van der Waals surface area contributed by atoms with Crippen molar-refractivity contribution in [1.82, 2.24) is 10.2 Å². The highest BCUT2D eigenvalue weighted by Crippen LogP contribution is 2.18. The maximum atomic E-state index is 11.1. The second kappa shape index (κ2) is 11.4. The van der Waals surface area contributed by atoms with E-state index in [1.165, 1.54) is 0 Å². The molecule has 0 radical (unpaired) electrons. The van der Waals surface area contributed by atoms with E-state index in [9.17, 15) is 4.79 Å². The lowest BCUT2D eigenvalue weighted by Gasteiger charge is -2.23. The second-order valence-electron chi connectivity index (χ2n) is 5.90. The van der Waals surface area contributed by atoms with Crippen LogP contribution in [0.25, 0.3) is 0 Å². The Morgan fingerprint density at radius 1 is 1.19 bits per heavy atom. The van der Waals surface area contributed by atoms with Crippen LogP contribution < -0.4 is 15.8 Å². The first-order chi connectivity index (χ1) is 12.5. The lowest BCUT2D eigenvalue weighted by molar-refractivity contribution is 0.100.